The highest BCUT2D eigenvalue weighted by molar-refractivity contribution is 8.13. The molecule has 6 atom stereocenters. The Balaban J connectivity index is 1.58. The summed E-state index contributed by atoms with van der Waals surface area (Å²) in [5.41, 5.74) is 6.96. The molecule has 2 saturated heterocycles. The minimum atomic E-state index is -1.64. The number of nitrogen functional groups attached to an aromatic ring is 1. The SMILES string of the molecule is N=C(N)c1cccc(NC(C(=O)NCCN2CCSC(=O)C2)c2ccccc2OC2OC(CO)C(O)C(O)C2O)c1. The first-order valence-corrected chi connectivity index (χ1v) is 14.1. The van der Waals surface area contributed by atoms with Crippen LogP contribution in [-0.2, 0) is 14.3 Å². The molecule has 1 amide bonds. The molecule has 0 spiro atoms. The van der Waals surface area contributed by atoms with Crippen molar-refractivity contribution in [2.75, 3.05) is 43.9 Å². The van der Waals surface area contributed by atoms with Gasteiger partial charge in [-0.3, -0.25) is 19.9 Å². The molecule has 2 aromatic rings. The molecule has 2 aliphatic rings. The average molecular weight is 590 g/mol. The van der Waals surface area contributed by atoms with E-state index in [1.54, 1.807) is 48.5 Å². The number of rotatable bonds is 11. The molecule has 0 radical (unpaired) electrons. The van der Waals surface area contributed by atoms with Crippen LogP contribution in [0.4, 0.5) is 5.69 Å². The highest BCUT2D eigenvalue weighted by Gasteiger charge is 2.45. The third-order valence-electron chi connectivity index (χ3n) is 6.82. The number of aliphatic hydroxyl groups is 4. The molecule has 2 heterocycles. The van der Waals surface area contributed by atoms with Crippen molar-refractivity contribution in [1.82, 2.24) is 10.2 Å². The van der Waals surface area contributed by atoms with E-state index in [2.05, 4.69) is 10.6 Å². The number of amidine groups is 1. The average Bonchev–Trinajstić information content (AvgIpc) is 2.96. The first-order valence-electron chi connectivity index (χ1n) is 13.1. The minimum absolute atomic E-state index is 0.0896. The van der Waals surface area contributed by atoms with Crippen LogP contribution in [0.15, 0.2) is 48.5 Å². The molecule has 222 valence electrons. The number of amides is 1. The van der Waals surface area contributed by atoms with Gasteiger partial charge in [0.15, 0.2) is 0 Å². The highest BCUT2D eigenvalue weighted by atomic mass is 32.2. The van der Waals surface area contributed by atoms with Crippen LogP contribution in [-0.4, -0.2) is 111 Å². The summed E-state index contributed by atoms with van der Waals surface area (Å²) in [6.07, 6.45) is -7.45. The molecule has 14 heteroatoms. The molecule has 0 aromatic heterocycles. The van der Waals surface area contributed by atoms with Gasteiger partial charge < -0.3 is 46.3 Å². The van der Waals surface area contributed by atoms with Gasteiger partial charge in [0.25, 0.3) is 0 Å². The van der Waals surface area contributed by atoms with Crippen LogP contribution in [0.3, 0.4) is 0 Å². The molecule has 2 aliphatic heterocycles. The van der Waals surface area contributed by atoms with Crippen molar-refractivity contribution in [2.45, 2.75) is 36.7 Å². The maximum Gasteiger partial charge on any atom is 0.247 e. The number of aliphatic hydroxyl groups excluding tert-OH is 4. The Hall–Kier alpha value is -3.24. The molecule has 4 rings (SSSR count). The number of carbonyl (C=O) groups is 2. The molecule has 13 nitrogen and oxygen atoms in total. The number of carbonyl (C=O) groups excluding carboxylic acids is 2. The van der Waals surface area contributed by atoms with Crippen LogP contribution in [0.1, 0.15) is 17.2 Å². The summed E-state index contributed by atoms with van der Waals surface area (Å²) in [7, 11) is 0. The molecule has 0 saturated carbocycles. The van der Waals surface area contributed by atoms with Crippen LogP contribution in [0.25, 0.3) is 0 Å². The second-order valence-electron chi connectivity index (χ2n) is 9.71. The van der Waals surface area contributed by atoms with E-state index in [1.807, 2.05) is 4.90 Å². The summed E-state index contributed by atoms with van der Waals surface area (Å²) in [6.45, 7) is 1.19. The second-order valence-corrected chi connectivity index (χ2v) is 10.9. The Morgan fingerprint density at radius 3 is 2.68 bits per heavy atom. The topological polar surface area (TPSA) is 211 Å². The predicted molar refractivity (Wildman–Crippen MR) is 152 cm³/mol. The third-order valence-corrected chi connectivity index (χ3v) is 7.66. The Morgan fingerprint density at radius 2 is 1.95 bits per heavy atom. The van der Waals surface area contributed by atoms with E-state index in [4.69, 9.17) is 20.6 Å². The molecule has 0 aliphatic carbocycles. The van der Waals surface area contributed by atoms with Gasteiger partial charge in [0, 0.05) is 42.2 Å². The lowest BCUT2D eigenvalue weighted by Gasteiger charge is -2.40. The van der Waals surface area contributed by atoms with Crippen molar-refractivity contribution >= 4 is 34.3 Å². The summed E-state index contributed by atoms with van der Waals surface area (Å²) in [5, 5.41) is 54.3. The Morgan fingerprint density at radius 1 is 1.17 bits per heavy atom. The van der Waals surface area contributed by atoms with Gasteiger partial charge >= 0.3 is 0 Å². The standard InChI is InChI=1S/C27H35N5O8S/c28-25(29)15-4-3-5-16(12-15)31-21(26(38)30-8-9-32-10-11-41-20(34)13-32)17-6-1-2-7-18(17)39-27-24(37)23(36)22(35)19(14-33)40-27/h1-7,12,19,21-24,27,31,33,35-37H,8-11,13-14H2,(H3,28,29)(H,30,38). The number of nitrogens with two attached hydrogens (primary N) is 1. The lowest BCUT2D eigenvalue weighted by Crippen LogP contribution is -2.60. The fourth-order valence-electron chi connectivity index (χ4n) is 4.57. The van der Waals surface area contributed by atoms with E-state index in [-0.39, 0.29) is 23.2 Å². The number of hydrogen-bond donors (Lipinski definition) is 8. The van der Waals surface area contributed by atoms with E-state index in [0.29, 0.717) is 35.7 Å². The maximum atomic E-state index is 13.6. The summed E-state index contributed by atoms with van der Waals surface area (Å²) in [4.78, 5) is 27.3. The monoisotopic (exact) mass is 589 g/mol. The number of benzene rings is 2. The molecular weight excluding hydrogens is 554 g/mol. The number of nitrogens with one attached hydrogen (secondary N) is 3. The molecule has 6 unspecified atom stereocenters. The predicted octanol–water partition coefficient (Wildman–Crippen LogP) is -1.01. The largest absolute Gasteiger partial charge is 0.462 e. The van der Waals surface area contributed by atoms with Gasteiger partial charge in [-0.05, 0) is 18.2 Å². The molecule has 2 fully saturated rings. The van der Waals surface area contributed by atoms with Crippen molar-refractivity contribution in [1.29, 1.82) is 5.41 Å². The van der Waals surface area contributed by atoms with Crippen molar-refractivity contribution < 1.29 is 39.5 Å². The summed E-state index contributed by atoms with van der Waals surface area (Å²) >= 11 is 1.30. The number of anilines is 1. The summed E-state index contributed by atoms with van der Waals surface area (Å²) < 4.78 is 11.4. The van der Waals surface area contributed by atoms with Crippen molar-refractivity contribution in [3.63, 3.8) is 0 Å². The van der Waals surface area contributed by atoms with Gasteiger partial charge in [0.05, 0.1) is 13.2 Å². The van der Waals surface area contributed by atoms with Crippen LogP contribution < -0.4 is 21.1 Å². The van der Waals surface area contributed by atoms with E-state index >= 15 is 0 Å². The molecule has 2 aromatic carbocycles. The highest BCUT2D eigenvalue weighted by Crippen LogP contribution is 2.32. The maximum absolute atomic E-state index is 13.6. The van der Waals surface area contributed by atoms with Crippen LogP contribution in [0.5, 0.6) is 5.75 Å². The van der Waals surface area contributed by atoms with Gasteiger partial charge in [-0.1, -0.05) is 42.1 Å². The van der Waals surface area contributed by atoms with Crippen molar-refractivity contribution in [3.8, 4) is 5.75 Å². The van der Waals surface area contributed by atoms with Crippen LogP contribution >= 0.6 is 11.8 Å². The van der Waals surface area contributed by atoms with Crippen LogP contribution in [0.2, 0.25) is 0 Å². The zero-order chi connectivity index (χ0) is 29.5. The molecule has 9 N–H and O–H groups in total. The number of para-hydroxylation sites is 1. The zero-order valence-electron chi connectivity index (χ0n) is 22.2. The lowest BCUT2D eigenvalue weighted by atomic mass is 9.99. The van der Waals surface area contributed by atoms with Crippen molar-refractivity contribution in [2.24, 2.45) is 5.73 Å². The van der Waals surface area contributed by atoms with E-state index in [9.17, 15) is 30.0 Å². The first-order chi connectivity index (χ1) is 19.7. The first kappa shape index (κ1) is 30.7. The minimum Gasteiger partial charge on any atom is -0.462 e. The Bertz CT molecular complexity index is 1230. The fourth-order valence-corrected chi connectivity index (χ4v) is 5.42. The van der Waals surface area contributed by atoms with Crippen LogP contribution in [0, 0.1) is 5.41 Å². The van der Waals surface area contributed by atoms with Gasteiger partial charge in [0.1, 0.15) is 42.0 Å². The smallest absolute Gasteiger partial charge is 0.247 e. The molecular formula is C27H35N5O8S. The lowest BCUT2D eigenvalue weighted by molar-refractivity contribution is -0.277. The Kier molecular flexibility index (Phi) is 10.6. The van der Waals surface area contributed by atoms with Gasteiger partial charge in [-0.25, -0.2) is 0 Å². The molecule has 0 bridgehead atoms. The fraction of sp³-hybridized carbons (Fsp3) is 0.444. The molecule has 41 heavy (non-hydrogen) atoms. The summed E-state index contributed by atoms with van der Waals surface area (Å²) in [5.74, 6) is 0.286. The number of nitrogens with zero attached hydrogens (tertiary/aromatic N) is 1. The van der Waals surface area contributed by atoms with Gasteiger partial charge in [0.2, 0.25) is 17.3 Å². The number of hydrogen-bond acceptors (Lipinski definition) is 12. The van der Waals surface area contributed by atoms with E-state index < -0.39 is 49.3 Å². The third kappa shape index (κ3) is 7.74. The number of ether oxygens (including phenoxy) is 2. The van der Waals surface area contributed by atoms with Gasteiger partial charge in [-0.2, -0.15) is 0 Å². The second kappa shape index (κ2) is 14.1. The normalized spacial score (nSPS) is 25.8. The Labute approximate surface area is 241 Å². The number of thioether (sulfide) groups is 1. The zero-order valence-corrected chi connectivity index (χ0v) is 23.0. The van der Waals surface area contributed by atoms with E-state index in [0.717, 1.165) is 6.54 Å². The van der Waals surface area contributed by atoms with Gasteiger partial charge in [-0.15, -0.1) is 0 Å². The quantitative estimate of drug-likeness (QED) is 0.117. The van der Waals surface area contributed by atoms with Crippen molar-refractivity contribution in [3.05, 3.63) is 59.7 Å². The summed E-state index contributed by atoms with van der Waals surface area (Å²) in [6, 6.07) is 12.2. The van der Waals surface area contributed by atoms with E-state index in [1.165, 1.54) is 11.8 Å².